The number of carbonyl (C=O) groups is 1. The number of halogens is 3. The van der Waals surface area contributed by atoms with E-state index in [2.05, 4.69) is 9.84 Å². The fraction of sp³-hybridized carbons (Fsp3) is 0.111. The molecule has 0 atom stereocenters. The normalized spacial score (nSPS) is 12.0. The van der Waals surface area contributed by atoms with E-state index < -0.39 is 16.2 Å². The van der Waals surface area contributed by atoms with Crippen molar-refractivity contribution in [3.05, 3.63) is 60.3 Å². The van der Waals surface area contributed by atoms with Gasteiger partial charge in [0.2, 0.25) is 0 Å². The molecule has 146 valence electrons. The van der Waals surface area contributed by atoms with Crippen LogP contribution >= 0.6 is 0 Å². The largest absolute Gasteiger partial charge is 0.573 e. The van der Waals surface area contributed by atoms with Gasteiger partial charge in [-0.3, -0.25) is 4.79 Å². The van der Waals surface area contributed by atoms with Gasteiger partial charge in [0.05, 0.1) is 16.1 Å². The van der Waals surface area contributed by atoms with E-state index in [9.17, 15) is 26.4 Å². The van der Waals surface area contributed by atoms with Gasteiger partial charge in [-0.1, -0.05) is 12.1 Å². The Hall–Kier alpha value is -3.14. The molecule has 0 radical (unpaired) electrons. The second-order valence-electron chi connectivity index (χ2n) is 5.83. The summed E-state index contributed by atoms with van der Waals surface area (Å²) in [5.41, 5.74) is 1.48. The summed E-state index contributed by atoms with van der Waals surface area (Å²) in [4.78, 5) is 11.5. The first-order valence-corrected chi connectivity index (χ1v) is 9.67. The van der Waals surface area contributed by atoms with Gasteiger partial charge in [-0.2, -0.15) is 5.10 Å². The Morgan fingerprint density at radius 1 is 1.04 bits per heavy atom. The van der Waals surface area contributed by atoms with Crippen molar-refractivity contribution in [1.29, 1.82) is 0 Å². The summed E-state index contributed by atoms with van der Waals surface area (Å²) in [6.45, 7) is 0. The van der Waals surface area contributed by atoms with E-state index in [4.69, 9.17) is 0 Å². The Morgan fingerprint density at radius 2 is 1.64 bits per heavy atom. The molecule has 0 aliphatic heterocycles. The van der Waals surface area contributed by atoms with Gasteiger partial charge in [-0.25, -0.2) is 13.1 Å². The van der Waals surface area contributed by atoms with E-state index in [-0.39, 0.29) is 16.2 Å². The Bertz CT molecular complexity index is 1100. The molecule has 0 amide bonds. The van der Waals surface area contributed by atoms with Crippen LogP contribution in [0.25, 0.3) is 16.9 Å². The molecule has 0 aliphatic carbocycles. The predicted octanol–water partition coefficient (Wildman–Crippen LogP) is 3.65. The number of alkyl halides is 3. The van der Waals surface area contributed by atoms with Gasteiger partial charge in [-0.15, -0.1) is 13.2 Å². The molecule has 0 fully saturated rings. The minimum Gasteiger partial charge on any atom is -0.406 e. The molecule has 6 nitrogen and oxygen atoms in total. The lowest BCUT2D eigenvalue weighted by Crippen LogP contribution is -2.17. The number of rotatable bonds is 5. The molecule has 1 aromatic heterocycles. The molecular weight excluding hydrogens is 397 g/mol. The van der Waals surface area contributed by atoms with Crippen molar-refractivity contribution in [2.75, 3.05) is 6.26 Å². The third-order valence-electron chi connectivity index (χ3n) is 3.76. The van der Waals surface area contributed by atoms with Gasteiger partial charge >= 0.3 is 6.36 Å². The Labute approximate surface area is 158 Å². The monoisotopic (exact) mass is 410 g/mol. The molecular formula is C18H13F3N2O4S. The van der Waals surface area contributed by atoms with Crippen molar-refractivity contribution < 1.29 is 31.1 Å². The lowest BCUT2D eigenvalue weighted by atomic mass is 10.1. The van der Waals surface area contributed by atoms with Gasteiger partial charge in [-0.05, 0) is 36.4 Å². The molecule has 3 aromatic rings. The summed E-state index contributed by atoms with van der Waals surface area (Å²) in [6, 6.07) is 10.8. The van der Waals surface area contributed by atoms with Crippen LogP contribution in [-0.2, 0) is 9.84 Å². The van der Waals surface area contributed by atoms with E-state index in [1.54, 1.807) is 0 Å². The van der Waals surface area contributed by atoms with Crippen molar-refractivity contribution in [2.45, 2.75) is 11.3 Å². The van der Waals surface area contributed by atoms with Crippen molar-refractivity contribution >= 4 is 16.1 Å². The number of aromatic nitrogens is 2. The molecule has 0 aliphatic rings. The Kier molecular flexibility index (Phi) is 4.99. The van der Waals surface area contributed by atoms with Crippen molar-refractivity contribution in [3.8, 4) is 22.7 Å². The maximum Gasteiger partial charge on any atom is 0.573 e. The van der Waals surface area contributed by atoms with Crippen LogP contribution in [0.3, 0.4) is 0 Å². The zero-order valence-electron chi connectivity index (χ0n) is 14.3. The van der Waals surface area contributed by atoms with Crippen molar-refractivity contribution in [2.24, 2.45) is 0 Å². The van der Waals surface area contributed by atoms with Crippen LogP contribution in [0.2, 0.25) is 0 Å². The van der Waals surface area contributed by atoms with Gasteiger partial charge in [0, 0.05) is 18.0 Å². The van der Waals surface area contributed by atoms with E-state index in [0.717, 1.165) is 18.4 Å². The van der Waals surface area contributed by atoms with Crippen LogP contribution in [-0.4, -0.2) is 37.1 Å². The smallest absolute Gasteiger partial charge is 0.406 e. The second-order valence-corrected chi connectivity index (χ2v) is 7.85. The maximum atomic E-state index is 12.2. The van der Waals surface area contributed by atoms with E-state index >= 15 is 0 Å². The van der Waals surface area contributed by atoms with Gasteiger partial charge in [0.15, 0.2) is 16.1 Å². The molecule has 28 heavy (non-hydrogen) atoms. The molecule has 0 saturated heterocycles. The molecule has 0 saturated carbocycles. The van der Waals surface area contributed by atoms with Gasteiger partial charge in [0.25, 0.3) is 0 Å². The Morgan fingerprint density at radius 3 is 2.14 bits per heavy atom. The zero-order valence-corrected chi connectivity index (χ0v) is 15.2. The zero-order chi connectivity index (χ0) is 20.5. The molecule has 10 heteroatoms. The van der Waals surface area contributed by atoms with Crippen LogP contribution < -0.4 is 4.74 Å². The first kappa shape index (κ1) is 19.6. The molecule has 0 unspecified atom stereocenters. The summed E-state index contributed by atoms with van der Waals surface area (Å²) in [7, 11) is -3.36. The average Bonchev–Trinajstić information content (AvgIpc) is 3.05. The topological polar surface area (TPSA) is 78.3 Å². The summed E-state index contributed by atoms with van der Waals surface area (Å²) < 4.78 is 65.0. The number of aldehydes is 1. The molecule has 1 heterocycles. The van der Waals surface area contributed by atoms with Crippen LogP contribution in [0, 0.1) is 0 Å². The van der Waals surface area contributed by atoms with Crippen LogP contribution in [0.5, 0.6) is 5.75 Å². The second kappa shape index (κ2) is 7.12. The standard InChI is InChI=1S/C18H13F3N2O4S/c1-28(25,26)16-8-2-12(3-9-16)17-13(11-24)10-23(22-17)14-4-6-15(7-5-14)27-18(19,20)21/h2-11H,1H3. The number of carbonyl (C=O) groups excluding carboxylic acids is 1. The number of nitrogens with zero attached hydrogens (tertiary/aromatic N) is 2. The molecule has 0 spiro atoms. The highest BCUT2D eigenvalue weighted by Gasteiger charge is 2.31. The van der Waals surface area contributed by atoms with Crippen LogP contribution in [0.4, 0.5) is 13.2 Å². The number of hydrogen-bond donors (Lipinski definition) is 0. The highest BCUT2D eigenvalue weighted by molar-refractivity contribution is 7.90. The third-order valence-corrected chi connectivity index (χ3v) is 4.89. The molecule has 3 rings (SSSR count). The summed E-state index contributed by atoms with van der Waals surface area (Å²) >= 11 is 0. The number of sulfone groups is 1. The molecule has 0 bridgehead atoms. The minimum atomic E-state index is -4.79. The summed E-state index contributed by atoms with van der Waals surface area (Å²) in [5, 5.41) is 4.29. The molecule has 0 N–H and O–H groups in total. The predicted molar refractivity (Wildman–Crippen MR) is 94.2 cm³/mol. The summed E-state index contributed by atoms with van der Waals surface area (Å²) in [5.74, 6) is -0.379. The Balaban J connectivity index is 1.94. The lowest BCUT2D eigenvalue weighted by Gasteiger charge is -2.09. The van der Waals surface area contributed by atoms with E-state index in [0.29, 0.717) is 23.2 Å². The SMILES string of the molecule is CS(=O)(=O)c1ccc(-c2nn(-c3ccc(OC(F)(F)F)cc3)cc2C=O)cc1. The highest BCUT2D eigenvalue weighted by Crippen LogP contribution is 2.26. The lowest BCUT2D eigenvalue weighted by molar-refractivity contribution is -0.274. The van der Waals surface area contributed by atoms with Crippen LogP contribution in [0.1, 0.15) is 10.4 Å². The first-order valence-electron chi connectivity index (χ1n) is 7.78. The first-order chi connectivity index (χ1) is 13.1. The van der Waals surface area contributed by atoms with E-state index in [1.165, 1.54) is 47.3 Å². The van der Waals surface area contributed by atoms with Gasteiger partial charge < -0.3 is 4.74 Å². The van der Waals surface area contributed by atoms with Crippen LogP contribution in [0.15, 0.2) is 59.6 Å². The van der Waals surface area contributed by atoms with Crippen molar-refractivity contribution in [3.63, 3.8) is 0 Å². The fourth-order valence-corrected chi connectivity index (χ4v) is 3.12. The maximum absolute atomic E-state index is 12.2. The number of benzene rings is 2. The van der Waals surface area contributed by atoms with E-state index in [1.807, 2.05) is 0 Å². The average molecular weight is 410 g/mol. The van der Waals surface area contributed by atoms with Crippen molar-refractivity contribution in [1.82, 2.24) is 9.78 Å². The fourth-order valence-electron chi connectivity index (χ4n) is 2.49. The summed E-state index contributed by atoms with van der Waals surface area (Å²) in [6.07, 6.45) is -1.69. The minimum absolute atomic E-state index is 0.128. The van der Waals surface area contributed by atoms with Gasteiger partial charge in [0.1, 0.15) is 11.4 Å². The third kappa shape index (κ3) is 4.39. The number of ether oxygens (including phenoxy) is 1. The quantitative estimate of drug-likeness (QED) is 0.600. The molecule has 2 aromatic carbocycles. The number of hydrogen-bond acceptors (Lipinski definition) is 5. The highest BCUT2D eigenvalue weighted by atomic mass is 32.2.